The summed E-state index contributed by atoms with van der Waals surface area (Å²) in [7, 11) is -2.79. The number of benzene rings is 4. The summed E-state index contributed by atoms with van der Waals surface area (Å²) in [6.07, 6.45) is 0.807. The molecule has 236 valence electrons. The highest BCUT2D eigenvalue weighted by molar-refractivity contribution is 7.92. The van der Waals surface area contributed by atoms with Crippen LogP contribution in [0.5, 0.6) is 0 Å². The van der Waals surface area contributed by atoms with Crippen LogP contribution in [0.15, 0.2) is 102 Å². The molecule has 5 rings (SSSR count). The Morgan fingerprint density at radius 1 is 0.935 bits per heavy atom. The number of halogens is 5. The summed E-state index contributed by atoms with van der Waals surface area (Å²) in [5.74, 6) is -0.457. The molecule has 0 saturated carbocycles. The molecule has 0 bridgehead atoms. The lowest BCUT2D eigenvalue weighted by Gasteiger charge is -2.20. The van der Waals surface area contributed by atoms with Gasteiger partial charge in [0, 0.05) is 30.4 Å². The summed E-state index contributed by atoms with van der Waals surface area (Å²) in [6, 6.07) is 21.5. The van der Waals surface area contributed by atoms with Gasteiger partial charge in [0.1, 0.15) is 5.82 Å². The minimum absolute atomic E-state index is 0.171. The lowest BCUT2D eigenvalue weighted by Crippen LogP contribution is -2.26. The summed E-state index contributed by atoms with van der Waals surface area (Å²) >= 11 is 12.5. The molecule has 1 heterocycles. The number of nitrogens with zero attached hydrogens (tertiary/aromatic N) is 3. The molecule has 0 saturated heterocycles. The highest BCUT2D eigenvalue weighted by Gasteiger charge is 2.31. The van der Waals surface area contributed by atoms with Crippen LogP contribution in [-0.2, 0) is 22.7 Å². The van der Waals surface area contributed by atoms with Crippen molar-refractivity contribution >= 4 is 57.0 Å². The lowest BCUT2D eigenvalue weighted by atomic mass is 10.1. The first-order valence-electron chi connectivity index (χ1n) is 13.5. The van der Waals surface area contributed by atoms with Gasteiger partial charge in [0.05, 0.1) is 32.4 Å². The minimum Gasteiger partial charge on any atom is -0.478 e. The average Bonchev–Trinajstić information content (AvgIpc) is 3.41. The first kappa shape index (κ1) is 32.8. The zero-order valence-corrected chi connectivity index (χ0v) is 26.2. The zero-order valence-electron chi connectivity index (χ0n) is 23.9. The van der Waals surface area contributed by atoms with E-state index in [0.29, 0.717) is 39.4 Å². The Morgan fingerprint density at radius 2 is 1.59 bits per heavy atom. The number of carboxylic acid groups (broad SMARTS) is 1. The third-order valence-corrected chi connectivity index (χ3v) is 9.44. The smallest absolute Gasteiger partial charge is 0.416 e. The summed E-state index contributed by atoms with van der Waals surface area (Å²) in [6.45, 7) is 0.378. The van der Waals surface area contributed by atoms with E-state index >= 15 is 0 Å². The molecule has 1 N–H and O–H groups in total. The van der Waals surface area contributed by atoms with Crippen molar-refractivity contribution in [3.63, 3.8) is 0 Å². The van der Waals surface area contributed by atoms with Gasteiger partial charge in [-0.3, -0.25) is 4.31 Å². The molecule has 13 heteroatoms. The van der Waals surface area contributed by atoms with Crippen molar-refractivity contribution in [2.75, 3.05) is 11.4 Å². The van der Waals surface area contributed by atoms with Gasteiger partial charge in [0.25, 0.3) is 10.0 Å². The largest absolute Gasteiger partial charge is 0.478 e. The summed E-state index contributed by atoms with van der Waals surface area (Å²) in [4.78, 5) is 15.7. The Hall–Kier alpha value is -4.58. The molecular formula is C33H24Cl2F3N3O4S. The van der Waals surface area contributed by atoms with Crippen LogP contribution in [-0.4, -0.2) is 36.1 Å². The van der Waals surface area contributed by atoms with E-state index in [4.69, 9.17) is 28.2 Å². The molecule has 0 atom stereocenters. The van der Waals surface area contributed by atoms with Crippen LogP contribution in [0.2, 0.25) is 10.0 Å². The number of imidazole rings is 1. The second-order valence-corrected chi connectivity index (χ2v) is 13.0. The van der Waals surface area contributed by atoms with Crippen molar-refractivity contribution in [2.24, 2.45) is 0 Å². The van der Waals surface area contributed by atoms with Crippen molar-refractivity contribution in [1.82, 2.24) is 9.55 Å². The molecule has 5 aromatic rings. The normalized spacial score (nSPS) is 12.0. The fourth-order valence-electron chi connectivity index (χ4n) is 4.55. The summed E-state index contributed by atoms with van der Waals surface area (Å²) in [5, 5.41) is 10.1. The molecular weight excluding hydrogens is 662 g/mol. The first-order valence-corrected chi connectivity index (χ1v) is 15.7. The van der Waals surface area contributed by atoms with Crippen LogP contribution < -0.4 is 4.31 Å². The van der Waals surface area contributed by atoms with E-state index in [1.54, 1.807) is 66.7 Å². The maximum Gasteiger partial charge on any atom is 0.416 e. The number of aromatic nitrogens is 2. The monoisotopic (exact) mass is 685 g/mol. The van der Waals surface area contributed by atoms with Crippen molar-refractivity contribution in [2.45, 2.75) is 17.6 Å². The molecule has 1 aromatic heterocycles. The lowest BCUT2D eigenvalue weighted by molar-refractivity contribution is -0.137. The predicted octanol–water partition coefficient (Wildman–Crippen LogP) is 8.62. The van der Waals surface area contributed by atoms with E-state index in [9.17, 15) is 31.5 Å². The van der Waals surface area contributed by atoms with Gasteiger partial charge in [-0.25, -0.2) is 18.2 Å². The highest BCUT2D eigenvalue weighted by Crippen LogP contribution is 2.32. The van der Waals surface area contributed by atoms with Crippen LogP contribution in [0.4, 0.5) is 18.9 Å². The van der Waals surface area contributed by atoms with E-state index in [1.165, 1.54) is 19.2 Å². The Labute approximate surface area is 272 Å². The van der Waals surface area contributed by atoms with Crippen LogP contribution in [0, 0.1) is 0 Å². The maximum atomic E-state index is 13.1. The van der Waals surface area contributed by atoms with Crippen molar-refractivity contribution in [3.05, 3.63) is 135 Å². The molecule has 0 fully saturated rings. The number of hydrogen-bond acceptors (Lipinski definition) is 4. The predicted molar refractivity (Wildman–Crippen MR) is 173 cm³/mol. The van der Waals surface area contributed by atoms with Crippen molar-refractivity contribution in [1.29, 1.82) is 0 Å². The van der Waals surface area contributed by atoms with Gasteiger partial charge in [-0.15, -0.1) is 0 Å². The number of sulfonamides is 1. The van der Waals surface area contributed by atoms with Crippen molar-refractivity contribution in [3.8, 4) is 11.3 Å². The van der Waals surface area contributed by atoms with Gasteiger partial charge >= 0.3 is 12.1 Å². The quantitative estimate of drug-likeness (QED) is 0.168. The molecule has 0 spiro atoms. The van der Waals surface area contributed by atoms with Gasteiger partial charge in [-0.2, -0.15) is 13.2 Å². The molecule has 0 aliphatic rings. The zero-order chi connectivity index (χ0) is 33.2. The van der Waals surface area contributed by atoms with Gasteiger partial charge in [-0.05, 0) is 83.9 Å². The summed E-state index contributed by atoms with van der Waals surface area (Å²) < 4.78 is 67.8. The Morgan fingerprint density at radius 3 is 2.17 bits per heavy atom. The number of carbonyl (C=O) groups is 1. The van der Waals surface area contributed by atoms with Gasteiger partial charge in [-0.1, -0.05) is 53.5 Å². The third-order valence-electron chi connectivity index (χ3n) is 7.09. The van der Waals surface area contributed by atoms with Gasteiger partial charge < -0.3 is 9.67 Å². The second kappa shape index (κ2) is 13.0. The van der Waals surface area contributed by atoms with Crippen molar-refractivity contribution < 1.29 is 31.5 Å². The molecule has 4 aromatic carbocycles. The number of alkyl halides is 3. The molecule has 0 radical (unpaired) electrons. The SMILES string of the molecule is CN(c1ccc(C=Cc2nc(-c3ccc(Cl)cc3Cl)cn2Cc2ccc(C(=O)O)cc2)cc1)S(=O)(=O)c1ccc(C(F)(F)F)cc1. The Bertz CT molecular complexity index is 2030. The fourth-order valence-corrected chi connectivity index (χ4v) is 6.25. The van der Waals surface area contributed by atoms with E-state index < -0.39 is 27.7 Å². The number of rotatable bonds is 9. The van der Waals surface area contributed by atoms with E-state index in [-0.39, 0.29) is 10.5 Å². The molecule has 0 aliphatic heterocycles. The van der Waals surface area contributed by atoms with Gasteiger partial charge in [0.15, 0.2) is 0 Å². The van der Waals surface area contributed by atoms with Crippen LogP contribution in [0.1, 0.15) is 32.9 Å². The fraction of sp³-hybridized carbons (Fsp3) is 0.0909. The van der Waals surface area contributed by atoms with Crippen LogP contribution >= 0.6 is 23.2 Å². The molecule has 46 heavy (non-hydrogen) atoms. The molecule has 7 nitrogen and oxygen atoms in total. The second-order valence-electron chi connectivity index (χ2n) is 10.2. The minimum atomic E-state index is -4.58. The Kier molecular flexibility index (Phi) is 9.29. The third kappa shape index (κ3) is 7.28. The number of aromatic carboxylic acids is 1. The average molecular weight is 687 g/mol. The van der Waals surface area contributed by atoms with Gasteiger partial charge in [0.2, 0.25) is 0 Å². The van der Waals surface area contributed by atoms with E-state index in [0.717, 1.165) is 39.7 Å². The highest BCUT2D eigenvalue weighted by atomic mass is 35.5. The number of hydrogen-bond donors (Lipinski definition) is 1. The number of carboxylic acids is 1. The van der Waals surface area contributed by atoms with E-state index in [2.05, 4.69) is 0 Å². The van der Waals surface area contributed by atoms with Crippen LogP contribution in [0.25, 0.3) is 23.4 Å². The molecule has 0 aliphatic carbocycles. The Balaban J connectivity index is 1.40. The standard InChI is InChI=1S/C33H24Cl2F3N3O4S/c1-40(46(44,45)27-14-9-24(10-15-27)33(36,37)38)26-12-4-21(5-13-26)6-17-31-39-30(28-16-11-25(34)18-29(28)35)20-41(31)19-22-2-7-23(8-3-22)32(42)43/h2-18,20H,19H2,1H3,(H,42,43). The van der Waals surface area contributed by atoms with Crippen LogP contribution in [0.3, 0.4) is 0 Å². The molecule has 0 unspecified atom stereocenters. The number of anilines is 1. The summed E-state index contributed by atoms with van der Waals surface area (Å²) in [5.41, 5.74) is 2.36. The topological polar surface area (TPSA) is 92.5 Å². The first-order chi connectivity index (χ1) is 21.7. The molecule has 0 amide bonds. The van der Waals surface area contributed by atoms with E-state index in [1.807, 2.05) is 10.8 Å². The maximum absolute atomic E-state index is 13.1.